The van der Waals surface area contributed by atoms with Crippen LogP contribution in [0.2, 0.25) is 0 Å². The molecule has 0 amide bonds. The number of aryl methyl sites for hydroxylation is 1. The maximum atomic E-state index is 12.9. The van der Waals surface area contributed by atoms with E-state index in [0.717, 1.165) is 0 Å². The summed E-state index contributed by atoms with van der Waals surface area (Å²) in [7, 11) is 1.58. The minimum Gasteiger partial charge on any atom is -0.423 e. The third kappa shape index (κ3) is 3.75. The van der Waals surface area contributed by atoms with Crippen LogP contribution < -0.4 is 10.3 Å². The highest BCUT2D eigenvalue weighted by molar-refractivity contribution is 6.09. The first kappa shape index (κ1) is 17.3. The lowest BCUT2D eigenvalue weighted by Gasteiger charge is -2.06. The smallest absolute Gasteiger partial charge is 0.343 e. The minimum absolute atomic E-state index is 0.138. The molecule has 0 atom stereocenters. The van der Waals surface area contributed by atoms with Gasteiger partial charge in [0.05, 0.1) is 5.56 Å². The number of esters is 1. The minimum atomic E-state index is -0.666. The van der Waals surface area contributed by atoms with E-state index in [-0.39, 0.29) is 22.7 Å². The van der Waals surface area contributed by atoms with Crippen molar-refractivity contribution in [3.8, 4) is 5.75 Å². The van der Waals surface area contributed by atoms with Crippen LogP contribution in [0.25, 0.3) is 0 Å². The van der Waals surface area contributed by atoms with Crippen LogP contribution in [0, 0.1) is 5.82 Å². The van der Waals surface area contributed by atoms with Crippen LogP contribution in [0.3, 0.4) is 0 Å². The van der Waals surface area contributed by atoms with E-state index < -0.39 is 11.8 Å². The Balaban J connectivity index is 1.74. The molecule has 0 unspecified atom stereocenters. The molecular weight excluding hydrogens is 337 g/mol. The van der Waals surface area contributed by atoms with Crippen molar-refractivity contribution in [2.75, 3.05) is 0 Å². The van der Waals surface area contributed by atoms with Crippen molar-refractivity contribution in [2.45, 2.75) is 0 Å². The van der Waals surface area contributed by atoms with Crippen LogP contribution in [-0.4, -0.2) is 16.3 Å². The van der Waals surface area contributed by atoms with Gasteiger partial charge in [-0.05, 0) is 54.6 Å². The molecule has 1 heterocycles. The van der Waals surface area contributed by atoms with Gasteiger partial charge in [0.15, 0.2) is 5.78 Å². The number of hydrogen-bond acceptors (Lipinski definition) is 4. The van der Waals surface area contributed by atoms with Crippen LogP contribution in [0.5, 0.6) is 5.75 Å². The summed E-state index contributed by atoms with van der Waals surface area (Å²) < 4.78 is 19.5. The highest BCUT2D eigenvalue weighted by atomic mass is 19.1. The van der Waals surface area contributed by atoms with Crippen molar-refractivity contribution in [3.63, 3.8) is 0 Å². The lowest BCUT2D eigenvalue weighted by molar-refractivity contribution is 0.0734. The zero-order valence-corrected chi connectivity index (χ0v) is 13.8. The van der Waals surface area contributed by atoms with Gasteiger partial charge in [-0.15, -0.1) is 0 Å². The van der Waals surface area contributed by atoms with Crippen molar-refractivity contribution >= 4 is 11.8 Å². The Morgan fingerprint density at radius 2 is 1.46 bits per heavy atom. The predicted molar refractivity (Wildman–Crippen MR) is 92.9 cm³/mol. The molecule has 0 spiro atoms. The number of ether oxygens (including phenoxy) is 1. The molecule has 3 aromatic rings. The van der Waals surface area contributed by atoms with Crippen molar-refractivity contribution in [1.82, 2.24) is 4.57 Å². The molecule has 0 saturated carbocycles. The monoisotopic (exact) mass is 351 g/mol. The fourth-order valence-electron chi connectivity index (χ4n) is 2.28. The van der Waals surface area contributed by atoms with E-state index in [4.69, 9.17) is 4.74 Å². The number of benzene rings is 2. The summed E-state index contributed by atoms with van der Waals surface area (Å²) in [6.45, 7) is 0. The van der Waals surface area contributed by atoms with E-state index in [9.17, 15) is 18.8 Å². The van der Waals surface area contributed by atoms with Gasteiger partial charge < -0.3 is 9.30 Å². The summed E-state index contributed by atoms with van der Waals surface area (Å²) in [5.74, 6) is -1.11. The average Bonchev–Trinajstić information content (AvgIpc) is 2.64. The number of rotatable bonds is 4. The van der Waals surface area contributed by atoms with Gasteiger partial charge in [0.25, 0.3) is 5.56 Å². The molecule has 1 aromatic heterocycles. The summed E-state index contributed by atoms with van der Waals surface area (Å²) in [5, 5.41) is 0. The first-order valence-corrected chi connectivity index (χ1v) is 7.73. The molecule has 130 valence electrons. The number of ketones is 1. The zero-order chi connectivity index (χ0) is 18.7. The van der Waals surface area contributed by atoms with Crippen LogP contribution in [0.4, 0.5) is 4.39 Å². The Bertz CT molecular complexity index is 1020. The summed E-state index contributed by atoms with van der Waals surface area (Å²) >= 11 is 0. The molecule has 5 nitrogen and oxygen atoms in total. The SMILES string of the molecule is Cn1ccc(C(=O)Oc2ccc(C(=O)c3ccc(F)cc3)cc2)cc1=O. The van der Waals surface area contributed by atoms with Gasteiger partial charge in [0, 0.05) is 30.4 Å². The number of halogens is 1. The van der Waals surface area contributed by atoms with E-state index in [1.165, 1.54) is 71.4 Å². The van der Waals surface area contributed by atoms with Gasteiger partial charge in [-0.3, -0.25) is 9.59 Å². The number of carbonyl (C=O) groups excluding carboxylic acids is 2. The zero-order valence-electron chi connectivity index (χ0n) is 13.8. The van der Waals surface area contributed by atoms with E-state index in [0.29, 0.717) is 11.1 Å². The molecule has 0 aliphatic rings. The maximum absolute atomic E-state index is 12.9. The second-order valence-corrected chi connectivity index (χ2v) is 5.61. The van der Waals surface area contributed by atoms with Gasteiger partial charge in [0.2, 0.25) is 0 Å². The van der Waals surface area contributed by atoms with Crippen LogP contribution in [-0.2, 0) is 7.05 Å². The fraction of sp³-hybridized carbons (Fsp3) is 0.0500. The molecule has 0 aliphatic heterocycles. The topological polar surface area (TPSA) is 65.4 Å². The summed E-state index contributed by atoms with van der Waals surface area (Å²) in [4.78, 5) is 36.0. The summed E-state index contributed by atoms with van der Waals surface area (Å²) in [6, 6.07) is 13.9. The molecule has 0 bridgehead atoms. The molecule has 0 aliphatic carbocycles. The second-order valence-electron chi connectivity index (χ2n) is 5.61. The predicted octanol–water partition coefficient (Wildman–Crippen LogP) is 2.97. The Hall–Kier alpha value is -3.54. The summed E-state index contributed by atoms with van der Waals surface area (Å²) in [6.07, 6.45) is 1.48. The molecule has 0 radical (unpaired) electrons. The molecule has 0 saturated heterocycles. The molecular formula is C20H14FNO4. The first-order valence-electron chi connectivity index (χ1n) is 7.73. The van der Waals surface area contributed by atoms with Crippen LogP contribution in [0.1, 0.15) is 26.3 Å². The van der Waals surface area contributed by atoms with Crippen molar-refractivity contribution in [2.24, 2.45) is 7.05 Å². The highest BCUT2D eigenvalue weighted by Crippen LogP contribution is 2.17. The van der Waals surface area contributed by atoms with E-state index in [1.54, 1.807) is 7.05 Å². The molecule has 26 heavy (non-hydrogen) atoms. The standard InChI is InChI=1S/C20H14FNO4/c1-22-11-10-15(12-18(22)23)20(25)26-17-8-4-14(5-9-17)19(24)13-2-6-16(21)7-3-13/h2-12H,1H3. The van der Waals surface area contributed by atoms with Crippen molar-refractivity contribution < 1.29 is 18.7 Å². The molecule has 3 rings (SSSR count). The number of hydrogen-bond donors (Lipinski definition) is 0. The van der Waals surface area contributed by atoms with E-state index in [1.807, 2.05) is 0 Å². The van der Waals surface area contributed by atoms with Crippen molar-refractivity contribution in [3.05, 3.63) is 99.7 Å². The third-order valence-electron chi connectivity index (χ3n) is 3.77. The Morgan fingerprint density at radius 1 is 0.885 bits per heavy atom. The lowest BCUT2D eigenvalue weighted by atomic mass is 10.0. The van der Waals surface area contributed by atoms with Crippen molar-refractivity contribution in [1.29, 1.82) is 0 Å². The molecule has 0 fully saturated rings. The number of aromatic nitrogens is 1. The molecule has 0 N–H and O–H groups in total. The van der Waals surface area contributed by atoms with Crippen LogP contribution >= 0.6 is 0 Å². The van der Waals surface area contributed by atoms with Gasteiger partial charge in [-0.2, -0.15) is 0 Å². The highest BCUT2D eigenvalue weighted by Gasteiger charge is 2.12. The maximum Gasteiger partial charge on any atom is 0.343 e. The van der Waals surface area contributed by atoms with Gasteiger partial charge in [-0.1, -0.05) is 0 Å². The number of nitrogens with zero attached hydrogens (tertiary/aromatic N) is 1. The molecule has 6 heteroatoms. The van der Waals surface area contributed by atoms with Crippen LogP contribution in [0.15, 0.2) is 71.7 Å². The fourth-order valence-corrected chi connectivity index (χ4v) is 2.28. The third-order valence-corrected chi connectivity index (χ3v) is 3.77. The molecule has 2 aromatic carbocycles. The van der Waals surface area contributed by atoms with Gasteiger partial charge in [-0.25, -0.2) is 9.18 Å². The number of carbonyl (C=O) groups is 2. The largest absolute Gasteiger partial charge is 0.423 e. The van der Waals surface area contributed by atoms with Gasteiger partial charge >= 0.3 is 5.97 Å². The second kappa shape index (κ2) is 7.14. The Kier molecular flexibility index (Phi) is 4.75. The first-order chi connectivity index (χ1) is 12.4. The normalized spacial score (nSPS) is 10.4. The van der Waals surface area contributed by atoms with Gasteiger partial charge in [0.1, 0.15) is 11.6 Å². The van der Waals surface area contributed by atoms with E-state index in [2.05, 4.69) is 0 Å². The average molecular weight is 351 g/mol. The summed E-state index contributed by atoms with van der Waals surface area (Å²) in [5.41, 5.74) is 0.556. The lowest BCUT2D eigenvalue weighted by Crippen LogP contribution is -2.18. The Labute approximate surface area is 148 Å². The van der Waals surface area contributed by atoms with E-state index >= 15 is 0 Å². The Morgan fingerprint density at radius 3 is 2.04 bits per heavy atom. The quantitative estimate of drug-likeness (QED) is 0.412. The number of pyridine rings is 1.